The lowest BCUT2D eigenvalue weighted by Gasteiger charge is -2.33. The number of anilines is 1. The molecule has 6 rings (SSSR count). The molecule has 0 unspecified atom stereocenters. The molecule has 0 bridgehead atoms. The van der Waals surface area contributed by atoms with Crippen LogP contribution in [-0.2, 0) is 24.2 Å². The van der Waals surface area contributed by atoms with Crippen LogP contribution in [0.25, 0.3) is 10.9 Å². The number of carbonyl (C=O) groups excluding carboxylic acids is 2. The van der Waals surface area contributed by atoms with E-state index in [2.05, 4.69) is 32.2 Å². The van der Waals surface area contributed by atoms with Crippen molar-refractivity contribution in [3.63, 3.8) is 0 Å². The van der Waals surface area contributed by atoms with Crippen molar-refractivity contribution in [2.75, 3.05) is 18.4 Å². The first-order chi connectivity index (χ1) is 20.2. The van der Waals surface area contributed by atoms with E-state index < -0.39 is 0 Å². The molecule has 2 aromatic carbocycles. The number of amides is 2. The van der Waals surface area contributed by atoms with Gasteiger partial charge in [0.1, 0.15) is 11.5 Å². The van der Waals surface area contributed by atoms with E-state index in [1.165, 1.54) is 4.88 Å². The number of likely N-dealkylation sites (tertiary alicyclic amines) is 1. The normalized spacial score (nSPS) is 17.2. The molecule has 1 saturated heterocycles. The standard InChI is InChI=1S/C34H37ClN4O2S/c1-34(2,3)23-10-15-27-29(18-23)42-33(31(27)32(41)37-25-13-11-24(35)12-14-25)36-19-22-20-39(28-9-5-4-8-26(22)28)21-30(40)38-16-6-7-17-38/h4-5,8-9,11-14,19-20,23H,6-7,10,15-18,21H2,1-3H3,(H,37,41)/t23-/m1/s1. The molecule has 0 saturated carbocycles. The molecule has 4 aromatic rings. The molecule has 2 amide bonds. The molecule has 2 aliphatic rings. The first kappa shape index (κ1) is 28.7. The summed E-state index contributed by atoms with van der Waals surface area (Å²) in [6.45, 7) is 8.89. The Morgan fingerprint density at radius 3 is 2.57 bits per heavy atom. The lowest BCUT2D eigenvalue weighted by Crippen LogP contribution is -2.30. The van der Waals surface area contributed by atoms with Crippen molar-refractivity contribution in [3.05, 3.63) is 81.3 Å². The number of aromatic nitrogens is 1. The highest BCUT2D eigenvalue weighted by atomic mass is 35.5. The number of hydrogen-bond donors (Lipinski definition) is 1. The van der Waals surface area contributed by atoms with Gasteiger partial charge in [-0.15, -0.1) is 11.3 Å². The molecular weight excluding hydrogens is 564 g/mol. The summed E-state index contributed by atoms with van der Waals surface area (Å²) in [7, 11) is 0. The highest BCUT2D eigenvalue weighted by Crippen LogP contribution is 2.45. The summed E-state index contributed by atoms with van der Waals surface area (Å²) >= 11 is 7.70. The fourth-order valence-electron chi connectivity index (χ4n) is 6.21. The second-order valence-electron chi connectivity index (χ2n) is 12.5. The van der Waals surface area contributed by atoms with Crippen molar-refractivity contribution >= 4 is 62.6 Å². The summed E-state index contributed by atoms with van der Waals surface area (Å²) in [5.74, 6) is 0.561. The van der Waals surface area contributed by atoms with Crippen LogP contribution in [0.3, 0.4) is 0 Å². The molecule has 8 heteroatoms. The van der Waals surface area contributed by atoms with Gasteiger partial charge in [0.05, 0.1) is 5.56 Å². The third-order valence-electron chi connectivity index (χ3n) is 8.71. The molecular formula is C34H37ClN4O2S. The minimum atomic E-state index is -0.144. The Morgan fingerprint density at radius 2 is 1.83 bits per heavy atom. The second-order valence-corrected chi connectivity index (χ2v) is 14.0. The number of nitrogens with zero attached hydrogens (tertiary/aromatic N) is 3. The van der Waals surface area contributed by atoms with E-state index in [4.69, 9.17) is 16.6 Å². The molecule has 0 radical (unpaired) electrons. The van der Waals surface area contributed by atoms with Gasteiger partial charge in [0, 0.05) is 57.6 Å². The van der Waals surface area contributed by atoms with E-state index in [0.29, 0.717) is 28.7 Å². The summed E-state index contributed by atoms with van der Waals surface area (Å²) in [6.07, 6.45) is 8.89. The van der Waals surface area contributed by atoms with Gasteiger partial charge in [-0.05, 0) is 79.3 Å². The van der Waals surface area contributed by atoms with Gasteiger partial charge in [0.15, 0.2) is 0 Å². The van der Waals surface area contributed by atoms with Crippen LogP contribution in [-0.4, -0.2) is 40.6 Å². The number of carbonyl (C=O) groups is 2. The number of fused-ring (bicyclic) bond motifs is 2. The first-order valence-corrected chi connectivity index (χ1v) is 16.0. The van der Waals surface area contributed by atoms with Gasteiger partial charge in [-0.3, -0.25) is 9.59 Å². The molecule has 1 atom stereocenters. The SMILES string of the molecule is CC(C)(C)[C@@H]1CCc2c(sc(N=Cc3cn(CC(=O)N4CCCC4)c4ccccc34)c2C(=O)Nc2ccc(Cl)cc2)C1. The third kappa shape index (κ3) is 5.90. The Hall–Kier alpha value is -3.42. The zero-order chi connectivity index (χ0) is 29.4. The highest BCUT2D eigenvalue weighted by Gasteiger charge is 2.33. The number of thiophene rings is 1. The van der Waals surface area contributed by atoms with Crippen LogP contribution in [0.5, 0.6) is 0 Å². The van der Waals surface area contributed by atoms with Crippen LogP contribution in [0.2, 0.25) is 5.02 Å². The quantitative estimate of drug-likeness (QED) is 0.227. The number of hydrogen-bond acceptors (Lipinski definition) is 4. The largest absolute Gasteiger partial charge is 0.341 e. The summed E-state index contributed by atoms with van der Waals surface area (Å²) in [4.78, 5) is 34.9. The minimum Gasteiger partial charge on any atom is -0.341 e. The summed E-state index contributed by atoms with van der Waals surface area (Å²) in [5.41, 5.74) is 4.63. The second kappa shape index (κ2) is 11.7. The van der Waals surface area contributed by atoms with E-state index in [1.54, 1.807) is 23.5 Å². The van der Waals surface area contributed by atoms with Gasteiger partial charge in [0.25, 0.3) is 5.91 Å². The molecule has 6 nitrogen and oxygen atoms in total. The van der Waals surface area contributed by atoms with Gasteiger partial charge in [-0.2, -0.15) is 0 Å². The lowest BCUT2D eigenvalue weighted by atomic mass is 9.72. The first-order valence-electron chi connectivity index (χ1n) is 14.8. The van der Waals surface area contributed by atoms with E-state index in [0.717, 1.165) is 72.2 Å². The van der Waals surface area contributed by atoms with Gasteiger partial charge >= 0.3 is 0 Å². The van der Waals surface area contributed by atoms with E-state index in [-0.39, 0.29) is 17.2 Å². The van der Waals surface area contributed by atoms with Gasteiger partial charge < -0.3 is 14.8 Å². The molecule has 218 valence electrons. The van der Waals surface area contributed by atoms with Crippen molar-refractivity contribution in [3.8, 4) is 0 Å². The summed E-state index contributed by atoms with van der Waals surface area (Å²) in [6, 6.07) is 15.3. The van der Waals surface area contributed by atoms with Crippen LogP contribution < -0.4 is 5.32 Å². The molecule has 1 N–H and O–H groups in total. The highest BCUT2D eigenvalue weighted by molar-refractivity contribution is 7.16. The Balaban J connectivity index is 1.35. The average Bonchev–Trinajstić information content (AvgIpc) is 3.70. The van der Waals surface area contributed by atoms with Crippen molar-refractivity contribution < 1.29 is 9.59 Å². The minimum absolute atomic E-state index is 0.144. The lowest BCUT2D eigenvalue weighted by molar-refractivity contribution is -0.130. The van der Waals surface area contributed by atoms with Crippen molar-refractivity contribution in [2.45, 2.75) is 59.4 Å². The molecule has 3 heterocycles. The van der Waals surface area contributed by atoms with Crippen molar-refractivity contribution in [1.82, 2.24) is 9.47 Å². The number of aliphatic imine (C=N–C) groups is 1. The summed E-state index contributed by atoms with van der Waals surface area (Å²) < 4.78 is 2.03. The molecule has 2 aromatic heterocycles. The topological polar surface area (TPSA) is 66.7 Å². The van der Waals surface area contributed by atoms with Crippen LogP contribution >= 0.6 is 22.9 Å². The van der Waals surface area contributed by atoms with Crippen LogP contribution in [0.15, 0.2) is 59.7 Å². The van der Waals surface area contributed by atoms with E-state index in [1.807, 2.05) is 52.2 Å². The fraction of sp³-hybridized carbons (Fsp3) is 0.382. The van der Waals surface area contributed by atoms with Crippen molar-refractivity contribution in [2.24, 2.45) is 16.3 Å². The maximum absolute atomic E-state index is 13.7. The van der Waals surface area contributed by atoms with Gasteiger partial charge in [-0.1, -0.05) is 50.6 Å². The average molecular weight is 601 g/mol. The molecule has 1 aliphatic heterocycles. The Morgan fingerprint density at radius 1 is 1.10 bits per heavy atom. The van der Waals surface area contributed by atoms with Gasteiger partial charge in [0.2, 0.25) is 5.91 Å². The van der Waals surface area contributed by atoms with Crippen LogP contribution in [0, 0.1) is 11.3 Å². The predicted molar refractivity (Wildman–Crippen MR) is 174 cm³/mol. The monoisotopic (exact) mass is 600 g/mol. The van der Waals surface area contributed by atoms with Crippen LogP contribution in [0.1, 0.15) is 66.4 Å². The van der Waals surface area contributed by atoms with Crippen LogP contribution in [0.4, 0.5) is 10.7 Å². The maximum atomic E-state index is 13.7. The molecule has 0 spiro atoms. The molecule has 42 heavy (non-hydrogen) atoms. The molecule has 1 fully saturated rings. The number of benzene rings is 2. The maximum Gasteiger partial charge on any atom is 0.259 e. The Kier molecular flexibility index (Phi) is 7.99. The van der Waals surface area contributed by atoms with E-state index in [9.17, 15) is 9.59 Å². The zero-order valence-electron chi connectivity index (χ0n) is 24.5. The molecule has 1 aliphatic carbocycles. The number of nitrogens with one attached hydrogen (secondary N) is 1. The van der Waals surface area contributed by atoms with Crippen molar-refractivity contribution in [1.29, 1.82) is 0 Å². The Bertz CT molecular complexity index is 1660. The predicted octanol–water partition coefficient (Wildman–Crippen LogP) is 8.13. The summed E-state index contributed by atoms with van der Waals surface area (Å²) in [5, 5.41) is 5.46. The number of halogens is 1. The van der Waals surface area contributed by atoms with Gasteiger partial charge in [-0.25, -0.2) is 4.99 Å². The third-order valence-corrected chi connectivity index (χ3v) is 10.1. The Labute approximate surface area is 256 Å². The van der Waals surface area contributed by atoms with E-state index >= 15 is 0 Å². The number of rotatable bonds is 6. The fourth-order valence-corrected chi connectivity index (χ4v) is 7.61. The smallest absolute Gasteiger partial charge is 0.259 e. The number of para-hydroxylation sites is 1. The zero-order valence-corrected chi connectivity index (χ0v) is 26.0.